The topological polar surface area (TPSA) is 38.9 Å². The zero-order chi connectivity index (χ0) is 7.56. The van der Waals surface area contributed by atoms with E-state index in [0.717, 1.165) is 12.1 Å². The highest BCUT2D eigenvalue weighted by Gasteiger charge is 2.00. The molecule has 0 bridgehead atoms. The highest BCUT2D eigenvalue weighted by molar-refractivity contribution is 7.05. The third-order valence-corrected chi connectivity index (χ3v) is 1.94. The van der Waals surface area contributed by atoms with Crippen LogP contribution >= 0.6 is 11.5 Å². The maximum atomic E-state index is 5.60. The number of nitrogens with zero attached hydrogens (tertiary/aromatic N) is 1. The van der Waals surface area contributed by atoms with Crippen molar-refractivity contribution >= 4 is 11.5 Å². The molecule has 2 nitrogen and oxygen atoms in total. The van der Waals surface area contributed by atoms with Crippen LogP contribution < -0.4 is 5.73 Å². The van der Waals surface area contributed by atoms with Crippen molar-refractivity contribution < 1.29 is 0 Å². The van der Waals surface area contributed by atoms with E-state index in [0.29, 0.717) is 0 Å². The number of aryl methyl sites for hydroxylation is 1. The molecule has 1 aromatic rings. The maximum absolute atomic E-state index is 5.60. The number of hydrogen-bond donors (Lipinski definition) is 1. The van der Waals surface area contributed by atoms with Gasteiger partial charge in [0.25, 0.3) is 0 Å². The third kappa shape index (κ3) is 2.08. The van der Waals surface area contributed by atoms with Gasteiger partial charge in [-0.2, -0.15) is 4.37 Å². The van der Waals surface area contributed by atoms with Gasteiger partial charge >= 0.3 is 0 Å². The van der Waals surface area contributed by atoms with Gasteiger partial charge in [-0.1, -0.05) is 0 Å². The van der Waals surface area contributed by atoms with Crippen LogP contribution in [0.25, 0.3) is 0 Å². The SMILES string of the molecule is Cc1cc(CC(C)N)ns1. The van der Waals surface area contributed by atoms with Crippen LogP contribution in [0.3, 0.4) is 0 Å². The van der Waals surface area contributed by atoms with E-state index in [4.69, 9.17) is 5.73 Å². The summed E-state index contributed by atoms with van der Waals surface area (Å²) < 4.78 is 4.22. The van der Waals surface area contributed by atoms with E-state index in [1.54, 1.807) is 11.5 Å². The van der Waals surface area contributed by atoms with Crippen molar-refractivity contribution in [1.82, 2.24) is 4.37 Å². The van der Waals surface area contributed by atoms with Crippen molar-refractivity contribution in [2.75, 3.05) is 0 Å². The monoisotopic (exact) mass is 156 g/mol. The van der Waals surface area contributed by atoms with Crippen molar-refractivity contribution in [2.45, 2.75) is 26.3 Å². The van der Waals surface area contributed by atoms with E-state index < -0.39 is 0 Å². The molecule has 56 valence electrons. The molecule has 0 aliphatic heterocycles. The molecule has 10 heavy (non-hydrogen) atoms. The van der Waals surface area contributed by atoms with Crippen LogP contribution in [0.2, 0.25) is 0 Å². The van der Waals surface area contributed by atoms with Gasteiger partial charge in [0.1, 0.15) is 0 Å². The molecule has 0 radical (unpaired) electrons. The van der Waals surface area contributed by atoms with E-state index in [2.05, 4.69) is 17.4 Å². The average molecular weight is 156 g/mol. The highest BCUT2D eigenvalue weighted by Crippen LogP contribution is 2.08. The fourth-order valence-corrected chi connectivity index (χ4v) is 1.42. The second-order valence-corrected chi connectivity index (χ2v) is 3.62. The van der Waals surface area contributed by atoms with Crippen molar-refractivity contribution in [1.29, 1.82) is 0 Å². The summed E-state index contributed by atoms with van der Waals surface area (Å²) in [6.07, 6.45) is 0.893. The molecule has 1 heterocycles. The molecule has 1 unspecified atom stereocenters. The minimum atomic E-state index is 0.224. The Morgan fingerprint density at radius 2 is 2.50 bits per heavy atom. The summed E-state index contributed by atoms with van der Waals surface area (Å²) in [5.74, 6) is 0. The molecule has 0 spiro atoms. The normalized spacial score (nSPS) is 13.5. The molecule has 0 aliphatic rings. The van der Waals surface area contributed by atoms with Crippen LogP contribution in [0.15, 0.2) is 6.07 Å². The Balaban J connectivity index is 2.58. The lowest BCUT2D eigenvalue weighted by Crippen LogP contribution is -2.17. The zero-order valence-corrected chi connectivity index (χ0v) is 7.11. The van der Waals surface area contributed by atoms with Gasteiger partial charge in [0, 0.05) is 17.3 Å². The quantitative estimate of drug-likeness (QED) is 0.701. The number of hydrogen-bond acceptors (Lipinski definition) is 3. The lowest BCUT2D eigenvalue weighted by Gasteiger charge is -1.98. The molecule has 0 fully saturated rings. The summed E-state index contributed by atoms with van der Waals surface area (Å²) in [5, 5.41) is 0. The van der Waals surface area contributed by atoms with E-state index in [-0.39, 0.29) is 6.04 Å². The Kier molecular flexibility index (Phi) is 2.40. The summed E-state index contributed by atoms with van der Waals surface area (Å²) >= 11 is 1.54. The van der Waals surface area contributed by atoms with Crippen LogP contribution in [0.1, 0.15) is 17.5 Å². The second kappa shape index (κ2) is 3.12. The van der Waals surface area contributed by atoms with Gasteiger partial charge < -0.3 is 5.73 Å². The molecule has 2 N–H and O–H groups in total. The summed E-state index contributed by atoms with van der Waals surface area (Å²) in [4.78, 5) is 1.26. The van der Waals surface area contributed by atoms with Crippen LogP contribution in [0.5, 0.6) is 0 Å². The summed E-state index contributed by atoms with van der Waals surface area (Å²) in [6, 6.07) is 2.31. The number of rotatable bonds is 2. The lowest BCUT2D eigenvalue weighted by atomic mass is 10.2. The molecule has 3 heteroatoms. The van der Waals surface area contributed by atoms with Gasteiger partial charge in [0.15, 0.2) is 0 Å². The zero-order valence-electron chi connectivity index (χ0n) is 6.29. The first-order valence-corrected chi connectivity index (χ1v) is 4.13. The van der Waals surface area contributed by atoms with Crippen LogP contribution in [-0.2, 0) is 6.42 Å². The molecule has 1 rings (SSSR count). The minimum Gasteiger partial charge on any atom is -0.328 e. The second-order valence-electron chi connectivity index (χ2n) is 2.61. The Bertz CT molecular complexity index is 205. The third-order valence-electron chi connectivity index (χ3n) is 1.21. The Hall–Kier alpha value is -0.410. The van der Waals surface area contributed by atoms with Gasteiger partial charge in [-0.05, 0) is 31.4 Å². The van der Waals surface area contributed by atoms with E-state index in [9.17, 15) is 0 Å². The molecular weight excluding hydrogens is 144 g/mol. The predicted molar refractivity (Wildman–Crippen MR) is 44.2 cm³/mol. The Morgan fingerprint density at radius 1 is 1.80 bits per heavy atom. The summed E-state index contributed by atoms with van der Waals surface area (Å²) in [5.41, 5.74) is 6.72. The van der Waals surface area contributed by atoms with Gasteiger partial charge in [0.05, 0.1) is 5.69 Å². The number of nitrogens with two attached hydrogens (primary N) is 1. The molecule has 0 amide bonds. The Labute approximate surface area is 65.2 Å². The van der Waals surface area contributed by atoms with Crippen molar-refractivity contribution in [3.8, 4) is 0 Å². The van der Waals surface area contributed by atoms with Crippen molar-refractivity contribution in [2.24, 2.45) is 5.73 Å². The first-order valence-electron chi connectivity index (χ1n) is 3.36. The minimum absolute atomic E-state index is 0.224. The van der Waals surface area contributed by atoms with Gasteiger partial charge in [-0.25, -0.2) is 0 Å². The molecule has 1 atom stereocenters. The van der Waals surface area contributed by atoms with E-state index in [1.165, 1.54) is 4.88 Å². The van der Waals surface area contributed by atoms with Crippen LogP contribution in [0.4, 0.5) is 0 Å². The van der Waals surface area contributed by atoms with Crippen LogP contribution in [-0.4, -0.2) is 10.4 Å². The van der Waals surface area contributed by atoms with Crippen molar-refractivity contribution in [3.63, 3.8) is 0 Å². The van der Waals surface area contributed by atoms with E-state index in [1.807, 2.05) is 6.92 Å². The lowest BCUT2D eigenvalue weighted by molar-refractivity contribution is 0.728. The van der Waals surface area contributed by atoms with Gasteiger partial charge in [0.2, 0.25) is 0 Å². The molecule has 0 aromatic carbocycles. The fourth-order valence-electron chi connectivity index (χ4n) is 0.844. The molecule has 0 aliphatic carbocycles. The first-order chi connectivity index (χ1) is 4.68. The smallest absolute Gasteiger partial charge is 0.0560 e. The van der Waals surface area contributed by atoms with Crippen LogP contribution in [0, 0.1) is 6.92 Å². The summed E-state index contributed by atoms with van der Waals surface area (Å²) in [7, 11) is 0. The standard InChI is InChI=1S/C7H12N2S/c1-5(8)3-7-4-6(2)10-9-7/h4-5H,3,8H2,1-2H3. The maximum Gasteiger partial charge on any atom is 0.0560 e. The largest absolute Gasteiger partial charge is 0.328 e. The first kappa shape index (κ1) is 7.69. The van der Waals surface area contributed by atoms with E-state index >= 15 is 0 Å². The summed E-state index contributed by atoms with van der Waals surface area (Å²) in [6.45, 7) is 4.05. The number of aromatic nitrogens is 1. The molecular formula is C7H12N2S. The average Bonchev–Trinajstić information content (AvgIpc) is 2.13. The van der Waals surface area contributed by atoms with Gasteiger partial charge in [-0.15, -0.1) is 0 Å². The van der Waals surface area contributed by atoms with Gasteiger partial charge in [-0.3, -0.25) is 0 Å². The fraction of sp³-hybridized carbons (Fsp3) is 0.571. The molecule has 0 saturated heterocycles. The predicted octanol–water partition coefficient (Wildman–Crippen LogP) is 1.34. The highest BCUT2D eigenvalue weighted by atomic mass is 32.1. The Morgan fingerprint density at radius 3 is 2.90 bits per heavy atom. The molecule has 0 saturated carbocycles. The van der Waals surface area contributed by atoms with Crippen molar-refractivity contribution in [3.05, 3.63) is 16.6 Å². The molecule has 1 aromatic heterocycles.